The zero-order valence-corrected chi connectivity index (χ0v) is 15.0. The average molecular weight is 330 g/mol. The number of thiazole rings is 1. The van der Waals surface area contributed by atoms with E-state index in [0.29, 0.717) is 11.8 Å². The van der Waals surface area contributed by atoms with Crippen molar-refractivity contribution in [3.05, 3.63) is 40.9 Å². The van der Waals surface area contributed by atoms with Crippen molar-refractivity contribution in [2.75, 3.05) is 13.1 Å². The van der Waals surface area contributed by atoms with Gasteiger partial charge in [0.15, 0.2) is 0 Å². The molecule has 2 atom stereocenters. The summed E-state index contributed by atoms with van der Waals surface area (Å²) in [7, 11) is 0. The summed E-state index contributed by atoms with van der Waals surface area (Å²) in [5.41, 5.74) is 2.57. The van der Waals surface area contributed by atoms with E-state index in [2.05, 4.69) is 48.0 Å². The number of rotatable bonds is 5. The minimum atomic E-state index is -0.198. The third-order valence-corrected chi connectivity index (χ3v) is 5.78. The molecule has 2 unspecified atom stereocenters. The van der Waals surface area contributed by atoms with Crippen LogP contribution in [0.15, 0.2) is 30.5 Å². The number of hydrogen-bond acceptors (Lipinski definition) is 4. The molecule has 4 heteroatoms. The number of likely N-dealkylation sites (tertiary alicyclic amines) is 1. The molecular weight excluding hydrogens is 304 g/mol. The third-order valence-electron chi connectivity index (χ3n) is 4.75. The van der Waals surface area contributed by atoms with Gasteiger partial charge in [-0.05, 0) is 37.3 Å². The van der Waals surface area contributed by atoms with Crippen molar-refractivity contribution in [1.82, 2.24) is 9.88 Å². The molecule has 124 valence electrons. The van der Waals surface area contributed by atoms with Gasteiger partial charge >= 0.3 is 0 Å². The number of nitrogens with zero attached hydrogens (tertiary/aromatic N) is 2. The molecule has 1 aromatic heterocycles. The van der Waals surface area contributed by atoms with Crippen LogP contribution in [0.5, 0.6) is 0 Å². The van der Waals surface area contributed by atoms with Gasteiger partial charge in [-0.1, -0.05) is 38.1 Å². The molecule has 0 aliphatic carbocycles. The number of aliphatic hydroxyl groups excluding tert-OH is 1. The van der Waals surface area contributed by atoms with Crippen molar-refractivity contribution in [3.63, 3.8) is 0 Å². The van der Waals surface area contributed by atoms with Gasteiger partial charge in [0.2, 0.25) is 0 Å². The lowest BCUT2D eigenvalue weighted by molar-refractivity contribution is 0.127. The van der Waals surface area contributed by atoms with Gasteiger partial charge in [0, 0.05) is 29.7 Å². The molecule has 1 aliphatic rings. The smallest absolute Gasteiger partial charge is 0.123 e. The summed E-state index contributed by atoms with van der Waals surface area (Å²) in [6.45, 7) is 9.35. The SMILES string of the molecule is CC(C)c1ccc(-c2ncc(CN3CCC(C(C)O)C3)s2)cc1. The van der Waals surface area contributed by atoms with Gasteiger partial charge in [-0.25, -0.2) is 4.98 Å². The van der Waals surface area contributed by atoms with E-state index in [0.717, 1.165) is 31.1 Å². The number of benzene rings is 1. The molecule has 0 saturated carbocycles. The molecule has 3 nitrogen and oxygen atoms in total. The van der Waals surface area contributed by atoms with Crippen molar-refractivity contribution in [2.24, 2.45) is 5.92 Å². The zero-order valence-electron chi connectivity index (χ0n) is 14.2. The lowest BCUT2D eigenvalue weighted by Crippen LogP contribution is -2.23. The standard InChI is InChI=1S/C19H26N2OS/c1-13(2)15-4-6-16(7-5-15)19-20-10-18(23-19)12-21-9-8-17(11-21)14(3)22/h4-7,10,13-14,17,22H,8-9,11-12H2,1-3H3. The molecule has 1 aliphatic heterocycles. The largest absolute Gasteiger partial charge is 0.393 e. The van der Waals surface area contributed by atoms with E-state index in [1.54, 1.807) is 11.3 Å². The summed E-state index contributed by atoms with van der Waals surface area (Å²) in [5, 5.41) is 10.8. The molecule has 2 aromatic rings. The molecule has 0 radical (unpaired) electrons. The Kier molecular flexibility index (Phi) is 5.14. The van der Waals surface area contributed by atoms with Gasteiger partial charge < -0.3 is 5.11 Å². The van der Waals surface area contributed by atoms with Crippen molar-refractivity contribution in [2.45, 2.75) is 45.8 Å². The predicted molar refractivity (Wildman–Crippen MR) is 96.7 cm³/mol. The fourth-order valence-corrected chi connectivity index (χ4v) is 4.11. The van der Waals surface area contributed by atoms with Gasteiger partial charge in [-0.3, -0.25) is 4.90 Å². The molecule has 0 amide bonds. The van der Waals surface area contributed by atoms with Crippen LogP contribution in [0.2, 0.25) is 0 Å². The van der Waals surface area contributed by atoms with E-state index in [-0.39, 0.29) is 6.10 Å². The van der Waals surface area contributed by atoms with Gasteiger partial charge in [-0.2, -0.15) is 0 Å². The van der Waals surface area contributed by atoms with Crippen LogP contribution >= 0.6 is 11.3 Å². The predicted octanol–water partition coefficient (Wildman–Crippen LogP) is 4.14. The Hall–Kier alpha value is -1.23. The maximum Gasteiger partial charge on any atom is 0.123 e. The van der Waals surface area contributed by atoms with E-state index in [1.165, 1.54) is 16.0 Å². The Bertz CT molecular complexity index is 633. The molecule has 0 bridgehead atoms. The Labute approximate surface area is 143 Å². The van der Waals surface area contributed by atoms with Crippen LogP contribution in [0.25, 0.3) is 10.6 Å². The Morgan fingerprint density at radius 3 is 2.61 bits per heavy atom. The van der Waals surface area contributed by atoms with Crippen LogP contribution in [-0.2, 0) is 6.54 Å². The normalized spacial score (nSPS) is 20.3. The van der Waals surface area contributed by atoms with Gasteiger partial charge in [0.25, 0.3) is 0 Å². The first-order chi connectivity index (χ1) is 11.0. The fraction of sp³-hybridized carbons (Fsp3) is 0.526. The molecule has 1 N–H and O–H groups in total. The Morgan fingerprint density at radius 1 is 1.26 bits per heavy atom. The van der Waals surface area contributed by atoms with Gasteiger partial charge in [-0.15, -0.1) is 11.3 Å². The molecule has 1 aromatic carbocycles. The highest BCUT2D eigenvalue weighted by Gasteiger charge is 2.26. The molecular formula is C19H26N2OS. The van der Waals surface area contributed by atoms with E-state index in [9.17, 15) is 5.11 Å². The monoisotopic (exact) mass is 330 g/mol. The van der Waals surface area contributed by atoms with E-state index >= 15 is 0 Å². The first-order valence-electron chi connectivity index (χ1n) is 8.48. The second-order valence-corrected chi connectivity index (χ2v) is 8.05. The summed E-state index contributed by atoms with van der Waals surface area (Å²) in [4.78, 5) is 8.33. The quantitative estimate of drug-likeness (QED) is 0.895. The summed E-state index contributed by atoms with van der Waals surface area (Å²) in [5.74, 6) is 0.985. The highest BCUT2D eigenvalue weighted by Crippen LogP contribution is 2.29. The van der Waals surface area contributed by atoms with E-state index in [4.69, 9.17) is 0 Å². The van der Waals surface area contributed by atoms with Crippen molar-refractivity contribution in [1.29, 1.82) is 0 Å². The average Bonchev–Trinajstić information content (AvgIpc) is 3.17. The Balaban J connectivity index is 1.64. The second-order valence-electron chi connectivity index (χ2n) is 6.93. The molecule has 23 heavy (non-hydrogen) atoms. The van der Waals surface area contributed by atoms with Gasteiger partial charge in [0.1, 0.15) is 5.01 Å². The number of hydrogen-bond donors (Lipinski definition) is 1. The zero-order chi connectivity index (χ0) is 16.4. The lowest BCUT2D eigenvalue weighted by atomic mass is 10.0. The molecule has 0 spiro atoms. The molecule has 2 heterocycles. The van der Waals surface area contributed by atoms with Crippen LogP contribution in [0.1, 0.15) is 43.6 Å². The Morgan fingerprint density at radius 2 is 2.00 bits per heavy atom. The van der Waals surface area contributed by atoms with Crippen LogP contribution in [0.3, 0.4) is 0 Å². The maximum absolute atomic E-state index is 9.71. The highest BCUT2D eigenvalue weighted by molar-refractivity contribution is 7.15. The topological polar surface area (TPSA) is 36.4 Å². The fourth-order valence-electron chi connectivity index (χ4n) is 3.15. The number of aliphatic hydroxyl groups is 1. The van der Waals surface area contributed by atoms with Crippen molar-refractivity contribution < 1.29 is 5.11 Å². The van der Waals surface area contributed by atoms with Crippen LogP contribution in [-0.4, -0.2) is 34.2 Å². The highest BCUT2D eigenvalue weighted by atomic mass is 32.1. The van der Waals surface area contributed by atoms with E-state index in [1.807, 2.05) is 13.1 Å². The molecule has 1 saturated heterocycles. The molecule has 1 fully saturated rings. The van der Waals surface area contributed by atoms with E-state index < -0.39 is 0 Å². The first kappa shape index (κ1) is 16.6. The minimum absolute atomic E-state index is 0.198. The summed E-state index contributed by atoms with van der Waals surface area (Å²) in [6.07, 6.45) is 2.91. The minimum Gasteiger partial charge on any atom is -0.393 e. The van der Waals surface area contributed by atoms with Crippen molar-refractivity contribution in [3.8, 4) is 10.6 Å². The lowest BCUT2D eigenvalue weighted by Gasteiger charge is -2.16. The first-order valence-corrected chi connectivity index (χ1v) is 9.30. The third kappa shape index (κ3) is 4.00. The van der Waals surface area contributed by atoms with Crippen LogP contribution in [0, 0.1) is 5.92 Å². The molecule has 3 rings (SSSR count). The van der Waals surface area contributed by atoms with Crippen LogP contribution in [0.4, 0.5) is 0 Å². The summed E-state index contributed by atoms with van der Waals surface area (Å²) < 4.78 is 0. The van der Waals surface area contributed by atoms with Crippen molar-refractivity contribution >= 4 is 11.3 Å². The maximum atomic E-state index is 9.71. The number of aromatic nitrogens is 1. The second kappa shape index (κ2) is 7.12. The summed E-state index contributed by atoms with van der Waals surface area (Å²) in [6, 6.07) is 8.76. The van der Waals surface area contributed by atoms with Crippen LogP contribution < -0.4 is 0 Å². The summed E-state index contributed by atoms with van der Waals surface area (Å²) >= 11 is 1.78. The van der Waals surface area contributed by atoms with Gasteiger partial charge in [0.05, 0.1) is 6.10 Å².